The Balaban J connectivity index is 1.42. The van der Waals surface area contributed by atoms with E-state index in [1.807, 2.05) is 23.1 Å². The first-order valence-electron chi connectivity index (χ1n) is 10.0. The fraction of sp³-hybridized carbons (Fsp3) is 0.455. The van der Waals surface area contributed by atoms with Crippen LogP contribution in [0.3, 0.4) is 0 Å². The number of nitrogens with zero attached hydrogens (tertiary/aromatic N) is 3. The van der Waals surface area contributed by atoms with Crippen LogP contribution in [0.1, 0.15) is 55.9 Å². The average Bonchev–Trinajstić information content (AvgIpc) is 3.21. The lowest BCUT2D eigenvalue weighted by atomic mass is 9.93. The fourth-order valence-electron chi connectivity index (χ4n) is 3.76. The second kappa shape index (κ2) is 7.71. The van der Waals surface area contributed by atoms with Crippen LogP contribution in [-0.4, -0.2) is 39.1 Å². The maximum absolute atomic E-state index is 12.9. The van der Waals surface area contributed by atoms with E-state index in [4.69, 9.17) is 4.98 Å². The Morgan fingerprint density at radius 2 is 1.90 bits per heavy atom. The topological polar surface area (TPSA) is 79.0 Å². The number of piperidine rings is 1. The molecule has 2 aromatic heterocycles. The van der Waals surface area contributed by atoms with Gasteiger partial charge in [-0.15, -0.1) is 11.3 Å². The molecule has 0 saturated carbocycles. The van der Waals surface area contributed by atoms with Crippen LogP contribution < -0.4 is 5.56 Å². The van der Waals surface area contributed by atoms with Crippen molar-refractivity contribution < 1.29 is 4.79 Å². The van der Waals surface area contributed by atoms with Crippen LogP contribution in [0, 0.1) is 0 Å². The SMILES string of the molecule is CC(C)(C)c1csc(C2CCN(C(=O)Cc3n[nH]c(=O)c4ccccc34)CC2)n1. The van der Waals surface area contributed by atoms with Crippen molar-refractivity contribution in [3.05, 3.63) is 56.4 Å². The predicted molar refractivity (Wildman–Crippen MR) is 115 cm³/mol. The average molecular weight is 411 g/mol. The molecule has 0 unspecified atom stereocenters. The van der Waals surface area contributed by atoms with Gasteiger partial charge in [0.05, 0.1) is 28.2 Å². The Labute approximate surface area is 174 Å². The standard InChI is InChI=1S/C22H26N4O2S/c1-22(2,3)18-13-29-21(23-18)14-8-10-26(11-9-14)19(27)12-17-15-6-4-5-7-16(15)20(28)25-24-17/h4-7,13-14H,8-12H2,1-3H3,(H,25,28). The van der Waals surface area contributed by atoms with Gasteiger partial charge >= 0.3 is 0 Å². The van der Waals surface area contributed by atoms with E-state index in [2.05, 4.69) is 36.3 Å². The number of nitrogens with one attached hydrogen (secondary N) is 1. The number of carbonyl (C=O) groups is 1. The number of hydrogen-bond acceptors (Lipinski definition) is 5. The minimum Gasteiger partial charge on any atom is -0.342 e. The molecule has 0 atom stereocenters. The van der Waals surface area contributed by atoms with E-state index < -0.39 is 0 Å². The molecule has 152 valence electrons. The Hall–Kier alpha value is -2.54. The van der Waals surface area contributed by atoms with Gasteiger partial charge in [0.25, 0.3) is 5.56 Å². The highest BCUT2D eigenvalue weighted by Gasteiger charge is 2.27. The van der Waals surface area contributed by atoms with Crippen molar-refractivity contribution in [2.75, 3.05) is 13.1 Å². The molecule has 1 aromatic carbocycles. The van der Waals surface area contributed by atoms with Crippen LogP contribution in [0.4, 0.5) is 0 Å². The summed E-state index contributed by atoms with van der Waals surface area (Å²) in [6, 6.07) is 7.29. The van der Waals surface area contributed by atoms with Crippen LogP contribution in [0.5, 0.6) is 0 Å². The molecule has 1 saturated heterocycles. The first kappa shape index (κ1) is 19.8. The molecular formula is C22H26N4O2S. The summed E-state index contributed by atoms with van der Waals surface area (Å²) in [7, 11) is 0. The van der Waals surface area contributed by atoms with Gasteiger partial charge in [0.2, 0.25) is 5.91 Å². The molecule has 0 aliphatic carbocycles. The Bertz CT molecular complexity index is 1090. The normalized spacial score (nSPS) is 15.8. The van der Waals surface area contributed by atoms with Crippen molar-refractivity contribution in [3.63, 3.8) is 0 Å². The van der Waals surface area contributed by atoms with Gasteiger partial charge in [-0.2, -0.15) is 5.10 Å². The van der Waals surface area contributed by atoms with Gasteiger partial charge in [-0.25, -0.2) is 10.1 Å². The second-order valence-corrected chi connectivity index (χ2v) is 9.59. The predicted octanol–water partition coefficient (Wildman–Crippen LogP) is 3.63. The van der Waals surface area contributed by atoms with E-state index in [0.717, 1.165) is 37.0 Å². The Morgan fingerprint density at radius 3 is 2.55 bits per heavy atom. The summed E-state index contributed by atoms with van der Waals surface area (Å²) in [5, 5.41) is 11.3. The minimum atomic E-state index is -0.226. The summed E-state index contributed by atoms with van der Waals surface area (Å²) in [5.74, 6) is 0.481. The van der Waals surface area contributed by atoms with Gasteiger partial charge in [0.1, 0.15) is 0 Å². The smallest absolute Gasteiger partial charge is 0.272 e. The van der Waals surface area contributed by atoms with E-state index >= 15 is 0 Å². The first-order valence-corrected chi connectivity index (χ1v) is 10.9. The number of H-pyrrole nitrogens is 1. The van der Waals surface area contributed by atoms with E-state index in [0.29, 0.717) is 17.0 Å². The summed E-state index contributed by atoms with van der Waals surface area (Å²) in [4.78, 5) is 31.6. The van der Waals surface area contributed by atoms with Gasteiger partial charge in [0, 0.05) is 35.2 Å². The molecule has 1 N–H and O–H groups in total. The monoisotopic (exact) mass is 410 g/mol. The molecule has 1 fully saturated rings. The number of amides is 1. The van der Waals surface area contributed by atoms with Crippen molar-refractivity contribution in [2.45, 2.75) is 51.4 Å². The lowest BCUT2D eigenvalue weighted by Gasteiger charge is -2.31. The number of thiazole rings is 1. The zero-order valence-electron chi connectivity index (χ0n) is 17.1. The third kappa shape index (κ3) is 4.10. The van der Waals surface area contributed by atoms with Gasteiger partial charge in [-0.1, -0.05) is 39.0 Å². The van der Waals surface area contributed by atoms with Crippen molar-refractivity contribution in [3.8, 4) is 0 Å². The molecule has 1 amide bonds. The van der Waals surface area contributed by atoms with Gasteiger partial charge < -0.3 is 4.90 Å². The number of aromatic amines is 1. The highest BCUT2D eigenvalue weighted by atomic mass is 32.1. The van der Waals surface area contributed by atoms with E-state index in [1.165, 1.54) is 5.01 Å². The quantitative estimate of drug-likeness (QED) is 0.715. The van der Waals surface area contributed by atoms with Crippen LogP contribution in [0.2, 0.25) is 0 Å². The van der Waals surface area contributed by atoms with E-state index in [9.17, 15) is 9.59 Å². The first-order chi connectivity index (χ1) is 13.8. The maximum atomic E-state index is 12.9. The third-order valence-corrected chi connectivity index (χ3v) is 6.59. The molecular weight excluding hydrogens is 384 g/mol. The zero-order chi connectivity index (χ0) is 20.6. The second-order valence-electron chi connectivity index (χ2n) is 8.70. The lowest BCUT2D eigenvalue weighted by molar-refractivity contribution is -0.131. The number of aromatic nitrogens is 3. The number of likely N-dealkylation sites (tertiary alicyclic amines) is 1. The van der Waals surface area contributed by atoms with Crippen LogP contribution in [0.25, 0.3) is 10.8 Å². The van der Waals surface area contributed by atoms with Gasteiger partial charge in [0.15, 0.2) is 0 Å². The Kier molecular flexibility index (Phi) is 5.25. The molecule has 0 spiro atoms. The van der Waals surface area contributed by atoms with Gasteiger partial charge in [-0.3, -0.25) is 9.59 Å². The molecule has 7 heteroatoms. The largest absolute Gasteiger partial charge is 0.342 e. The summed E-state index contributed by atoms with van der Waals surface area (Å²) >= 11 is 1.74. The molecule has 6 nitrogen and oxygen atoms in total. The van der Waals surface area contributed by atoms with Crippen molar-refractivity contribution in [2.24, 2.45) is 0 Å². The minimum absolute atomic E-state index is 0.0580. The summed E-state index contributed by atoms with van der Waals surface area (Å²) < 4.78 is 0. The molecule has 0 radical (unpaired) electrons. The van der Waals surface area contributed by atoms with Gasteiger partial charge in [-0.05, 0) is 18.9 Å². The number of carbonyl (C=O) groups excluding carboxylic acids is 1. The summed E-state index contributed by atoms with van der Waals surface area (Å²) in [5.41, 5.74) is 1.61. The highest BCUT2D eigenvalue weighted by molar-refractivity contribution is 7.09. The van der Waals surface area contributed by atoms with E-state index in [1.54, 1.807) is 17.4 Å². The highest BCUT2D eigenvalue weighted by Crippen LogP contribution is 2.33. The number of fused-ring (bicyclic) bond motifs is 1. The van der Waals surface area contributed by atoms with Crippen LogP contribution >= 0.6 is 11.3 Å². The number of benzene rings is 1. The molecule has 1 aliphatic heterocycles. The third-order valence-electron chi connectivity index (χ3n) is 5.58. The Morgan fingerprint density at radius 1 is 1.21 bits per heavy atom. The number of rotatable bonds is 3. The fourth-order valence-corrected chi connectivity index (χ4v) is 4.97. The molecule has 3 heterocycles. The molecule has 1 aliphatic rings. The molecule has 3 aromatic rings. The molecule has 0 bridgehead atoms. The van der Waals surface area contributed by atoms with Crippen LogP contribution in [0.15, 0.2) is 34.4 Å². The number of hydrogen-bond donors (Lipinski definition) is 1. The maximum Gasteiger partial charge on any atom is 0.272 e. The summed E-state index contributed by atoms with van der Waals surface area (Å²) in [6.45, 7) is 8.01. The lowest BCUT2D eigenvalue weighted by Crippen LogP contribution is -2.39. The van der Waals surface area contributed by atoms with Crippen molar-refractivity contribution >= 4 is 28.0 Å². The molecule has 29 heavy (non-hydrogen) atoms. The van der Waals surface area contributed by atoms with Crippen LogP contribution in [-0.2, 0) is 16.6 Å². The summed E-state index contributed by atoms with van der Waals surface area (Å²) in [6.07, 6.45) is 2.07. The molecule has 4 rings (SSSR count). The van der Waals surface area contributed by atoms with Crippen molar-refractivity contribution in [1.29, 1.82) is 0 Å². The van der Waals surface area contributed by atoms with E-state index in [-0.39, 0.29) is 23.3 Å². The van der Waals surface area contributed by atoms with Crippen molar-refractivity contribution in [1.82, 2.24) is 20.1 Å². The zero-order valence-corrected chi connectivity index (χ0v) is 17.9.